The smallest absolute Gasteiger partial charge is 0.416 e. The standard InChI is InChI=1S/C19H17BrF3N3O6/c1-3-31-17(27)10-32-18-13(20)6-11(7-16(18)30-2)9-24-25-14-5-4-12(19(21,22)23)8-15(14)26(28)29/h4-9,25H,3,10H2,1-2H3/b24-9-. The summed E-state index contributed by atoms with van der Waals surface area (Å²) in [5.74, 6) is -0.0656. The van der Waals surface area contributed by atoms with Crippen molar-refractivity contribution in [3.63, 3.8) is 0 Å². The number of rotatable bonds is 9. The van der Waals surface area contributed by atoms with Gasteiger partial charge in [0, 0.05) is 6.07 Å². The number of carbonyl (C=O) groups excluding carboxylic acids is 1. The van der Waals surface area contributed by atoms with E-state index in [-0.39, 0.29) is 30.4 Å². The zero-order chi connectivity index (χ0) is 23.9. The highest BCUT2D eigenvalue weighted by Gasteiger charge is 2.33. The summed E-state index contributed by atoms with van der Waals surface area (Å²) in [6.07, 6.45) is -3.45. The molecule has 2 aromatic carbocycles. The Kier molecular flexibility index (Phi) is 8.41. The number of methoxy groups -OCH3 is 1. The van der Waals surface area contributed by atoms with Gasteiger partial charge in [0.1, 0.15) is 5.69 Å². The van der Waals surface area contributed by atoms with Gasteiger partial charge in [-0.2, -0.15) is 18.3 Å². The summed E-state index contributed by atoms with van der Waals surface area (Å²) < 4.78 is 54.2. The summed E-state index contributed by atoms with van der Waals surface area (Å²) in [6.45, 7) is 1.53. The van der Waals surface area contributed by atoms with E-state index in [0.717, 1.165) is 6.07 Å². The van der Waals surface area contributed by atoms with Crippen molar-refractivity contribution in [2.45, 2.75) is 13.1 Å². The first kappa shape index (κ1) is 24.9. The molecule has 0 unspecified atom stereocenters. The number of hydrogen-bond donors (Lipinski definition) is 1. The first-order valence-corrected chi connectivity index (χ1v) is 9.66. The van der Waals surface area contributed by atoms with Crippen LogP contribution in [0.3, 0.4) is 0 Å². The quantitative estimate of drug-likeness (QED) is 0.219. The molecule has 2 rings (SSSR count). The summed E-state index contributed by atoms with van der Waals surface area (Å²) >= 11 is 3.29. The molecule has 0 aliphatic heterocycles. The number of nitro groups is 1. The number of nitrogens with one attached hydrogen (secondary N) is 1. The van der Waals surface area contributed by atoms with Gasteiger partial charge in [-0.15, -0.1) is 0 Å². The van der Waals surface area contributed by atoms with E-state index in [9.17, 15) is 28.1 Å². The van der Waals surface area contributed by atoms with Gasteiger partial charge in [-0.25, -0.2) is 4.79 Å². The van der Waals surface area contributed by atoms with Crippen LogP contribution in [0.25, 0.3) is 0 Å². The Morgan fingerprint density at radius 2 is 2.03 bits per heavy atom. The molecule has 2 aromatic rings. The molecule has 0 aliphatic rings. The van der Waals surface area contributed by atoms with Gasteiger partial charge < -0.3 is 14.2 Å². The summed E-state index contributed by atoms with van der Waals surface area (Å²) in [5, 5.41) is 15.0. The molecule has 1 N–H and O–H groups in total. The fraction of sp³-hybridized carbons (Fsp3) is 0.263. The predicted molar refractivity (Wildman–Crippen MR) is 112 cm³/mol. The Morgan fingerprint density at radius 3 is 2.62 bits per heavy atom. The summed E-state index contributed by atoms with van der Waals surface area (Å²) in [6, 6.07) is 5.13. The number of nitrogens with zero attached hydrogens (tertiary/aromatic N) is 2. The number of nitro benzene ring substituents is 1. The molecule has 0 saturated heterocycles. The van der Waals surface area contributed by atoms with Crippen LogP contribution in [0.4, 0.5) is 24.5 Å². The molecule has 13 heteroatoms. The molecular weight excluding hydrogens is 503 g/mol. The van der Waals surface area contributed by atoms with E-state index in [4.69, 9.17) is 14.2 Å². The predicted octanol–water partition coefficient (Wildman–Crippen LogP) is 4.77. The maximum absolute atomic E-state index is 12.8. The van der Waals surface area contributed by atoms with E-state index < -0.39 is 28.3 Å². The highest BCUT2D eigenvalue weighted by molar-refractivity contribution is 9.10. The van der Waals surface area contributed by atoms with Gasteiger partial charge in [0.15, 0.2) is 18.1 Å². The number of alkyl halides is 3. The minimum Gasteiger partial charge on any atom is -0.493 e. The van der Waals surface area contributed by atoms with Gasteiger partial charge >= 0.3 is 12.1 Å². The average molecular weight is 520 g/mol. The minimum absolute atomic E-state index is 0.208. The van der Waals surface area contributed by atoms with Crippen LogP contribution < -0.4 is 14.9 Å². The zero-order valence-corrected chi connectivity index (χ0v) is 18.3. The maximum atomic E-state index is 12.8. The lowest BCUT2D eigenvalue weighted by Gasteiger charge is -2.13. The van der Waals surface area contributed by atoms with Crippen molar-refractivity contribution in [2.75, 3.05) is 25.7 Å². The van der Waals surface area contributed by atoms with E-state index in [1.165, 1.54) is 19.4 Å². The molecule has 172 valence electrons. The van der Waals surface area contributed by atoms with Crippen LogP contribution in [0.1, 0.15) is 18.1 Å². The second-order valence-corrected chi connectivity index (χ2v) is 6.84. The van der Waals surface area contributed by atoms with Crippen LogP contribution in [-0.2, 0) is 15.7 Å². The second-order valence-electron chi connectivity index (χ2n) is 5.98. The minimum atomic E-state index is -4.72. The van der Waals surface area contributed by atoms with Gasteiger partial charge in [0.25, 0.3) is 5.69 Å². The second kappa shape index (κ2) is 10.8. The van der Waals surface area contributed by atoms with Gasteiger partial charge in [0.2, 0.25) is 0 Å². The molecule has 0 saturated carbocycles. The Hall–Kier alpha value is -3.35. The molecular formula is C19H17BrF3N3O6. The molecule has 0 aromatic heterocycles. The Balaban J connectivity index is 2.21. The molecule has 0 bridgehead atoms. The van der Waals surface area contributed by atoms with Crippen molar-refractivity contribution in [3.05, 3.63) is 56.0 Å². The number of ether oxygens (including phenoxy) is 3. The number of hydrogen-bond acceptors (Lipinski definition) is 8. The van der Waals surface area contributed by atoms with Crippen LogP contribution >= 0.6 is 15.9 Å². The number of halogens is 4. The van der Waals surface area contributed by atoms with Crippen LogP contribution in [0, 0.1) is 10.1 Å². The van der Waals surface area contributed by atoms with E-state index in [1.54, 1.807) is 13.0 Å². The molecule has 0 atom stereocenters. The van der Waals surface area contributed by atoms with E-state index in [2.05, 4.69) is 26.5 Å². The van der Waals surface area contributed by atoms with Crippen molar-refractivity contribution in [3.8, 4) is 11.5 Å². The third-order valence-electron chi connectivity index (χ3n) is 3.81. The summed E-state index contributed by atoms with van der Waals surface area (Å²) in [5.41, 5.74) is 0.668. The molecule has 32 heavy (non-hydrogen) atoms. The van der Waals surface area contributed by atoms with Gasteiger partial charge in [-0.3, -0.25) is 15.5 Å². The Labute approximate surface area is 188 Å². The largest absolute Gasteiger partial charge is 0.493 e. The SMILES string of the molecule is CCOC(=O)COc1c(Br)cc(/C=N\Nc2ccc(C(F)(F)F)cc2[N+](=O)[O-])cc1OC. The molecule has 0 fully saturated rings. The molecule has 9 nitrogen and oxygen atoms in total. The number of hydrazone groups is 1. The fourth-order valence-electron chi connectivity index (χ4n) is 2.42. The van der Waals surface area contributed by atoms with Gasteiger partial charge in [-0.05, 0) is 52.7 Å². The number of anilines is 1. The van der Waals surface area contributed by atoms with E-state index in [0.29, 0.717) is 22.2 Å². The lowest BCUT2D eigenvalue weighted by molar-refractivity contribution is -0.384. The van der Waals surface area contributed by atoms with Crippen LogP contribution in [0.15, 0.2) is 39.9 Å². The summed E-state index contributed by atoms with van der Waals surface area (Å²) in [4.78, 5) is 21.7. The van der Waals surface area contributed by atoms with Crippen LogP contribution in [0.5, 0.6) is 11.5 Å². The Bertz CT molecular complexity index is 1030. The molecule has 0 spiro atoms. The van der Waals surface area contributed by atoms with E-state index in [1.807, 2.05) is 0 Å². The molecule has 0 heterocycles. The van der Waals surface area contributed by atoms with Crippen molar-refractivity contribution in [2.24, 2.45) is 5.10 Å². The highest BCUT2D eigenvalue weighted by Crippen LogP contribution is 2.37. The first-order chi connectivity index (χ1) is 15.1. The monoisotopic (exact) mass is 519 g/mol. The van der Waals surface area contributed by atoms with Crippen molar-refractivity contribution in [1.82, 2.24) is 0 Å². The first-order valence-electron chi connectivity index (χ1n) is 8.87. The normalized spacial score (nSPS) is 11.3. The Morgan fingerprint density at radius 1 is 1.31 bits per heavy atom. The lowest BCUT2D eigenvalue weighted by atomic mass is 10.1. The number of carbonyl (C=O) groups is 1. The van der Waals surface area contributed by atoms with Gasteiger partial charge in [-0.1, -0.05) is 0 Å². The van der Waals surface area contributed by atoms with Crippen LogP contribution in [0.2, 0.25) is 0 Å². The third-order valence-corrected chi connectivity index (χ3v) is 4.40. The van der Waals surface area contributed by atoms with Crippen molar-refractivity contribution in [1.29, 1.82) is 0 Å². The summed E-state index contributed by atoms with van der Waals surface area (Å²) in [7, 11) is 1.38. The maximum Gasteiger partial charge on any atom is 0.416 e. The van der Waals surface area contributed by atoms with Crippen LogP contribution in [-0.4, -0.2) is 37.4 Å². The third kappa shape index (κ3) is 6.57. The van der Waals surface area contributed by atoms with Crippen molar-refractivity contribution >= 4 is 39.5 Å². The zero-order valence-electron chi connectivity index (χ0n) is 16.7. The molecule has 0 radical (unpaired) electrons. The lowest BCUT2D eigenvalue weighted by Crippen LogP contribution is -2.15. The average Bonchev–Trinajstić information content (AvgIpc) is 2.72. The fourth-order valence-corrected chi connectivity index (χ4v) is 2.99. The van der Waals surface area contributed by atoms with Gasteiger partial charge in [0.05, 0.1) is 34.9 Å². The molecule has 0 aliphatic carbocycles. The topological polar surface area (TPSA) is 112 Å². The molecule has 0 amide bonds. The highest BCUT2D eigenvalue weighted by atomic mass is 79.9. The number of benzene rings is 2. The van der Waals surface area contributed by atoms with Crippen molar-refractivity contribution < 1.29 is 37.1 Å². The van der Waals surface area contributed by atoms with E-state index >= 15 is 0 Å². The number of esters is 1.